The quantitative estimate of drug-likeness (QED) is 0.620. The van der Waals surface area contributed by atoms with Gasteiger partial charge in [0.1, 0.15) is 0 Å². The van der Waals surface area contributed by atoms with Crippen molar-refractivity contribution in [3.05, 3.63) is 23.2 Å². The molecule has 9 heavy (non-hydrogen) atoms. The summed E-state index contributed by atoms with van der Waals surface area (Å²) >= 11 is 3.53. The third-order valence-corrected chi connectivity index (χ3v) is 3.15. The molecule has 0 bridgehead atoms. The van der Waals surface area contributed by atoms with Crippen LogP contribution in [0.25, 0.3) is 0 Å². The summed E-state index contributed by atoms with van der Waals surface area (Å²) in [6, 6.07) is 0. The predicted octanol–water partition coefficient (Wildman–Crippen LogP) is 2.68. The van der Waals surface area contributed by atoms with Crippen LogP contribution in [-0.4, -0.2) is 4.98 Å². The van der Waals surface area contributed by atoms with E-state index in [1.807, 2.05) is 12.4 Å². The molecular weight excluding hydrogens is 150 g/mol. The molecule has 1 nitrogen and oxygen atoms in total. The van der Waals surface area contributed by atoms with Gasteiger partial charge in [-0.2, -0.15) is 0 Å². The Labute approximate surface area is 61.9 Å². The third-order valence-electron chi connectivity index (χ3n) is 1.12. The molecule has 0 saturated carbocycles. The lowest BCUT2D eigenvalue weighted by Gasteiger charge is -2.00. The summed E-state index contributed by atoms with van der Waals surface area (Å²) in [5.74, 6) is 0. The standard InChI is InChI=1S/C6H5NS2/c1-2-9-6-4-7-3-5(6)8-1/h1-4,7H. The van der Waals surface area contributed by atoms with Crippen LogP contribution >= 0.6 is 23.5 Å². The Hall–Kier alpha value is -0.280. The fourth-order valence-electron chi connectivity index (χ4n) is 0.722. The first-order valence-electron chi connectivity index (χ1n) is 2.62. The molecule has 1 aromatic heterocycles. The average Bonchev–Trinajstić information content (AvgIpc) is 2.33. The van der Waals surface area contributed by atoms with Gasteiger partial charge in [-0.05, 0) is 10.8 Å². The van der Waals surface area contributed by atoms with Crippen LogP contribution in [0.3, 0.4) is 0 Å². The highest BCUT2D eigenvalue weighted by molar-refractivity contribution is 8.08. The van der Waals surface area contributed by atoms with Gasteiger partial charge in [-0.1, -0.05) is 23.5 Å². The zero-order valence-corrected chi connectivity index (χ0v) is 6.26. The zero-order chi connectivity index (χ0) is 6.10. The van der Waals surface area contributed by atoms with Crippen LogP contribution in [0.1, 0.15) is 0 Å². The molecule has 0 amide bonds. The van der Waals surface area contributed by atoms with Gasteiger partial charge in [-0.25, -0.2) is 0 Å². The molecule has 0 fully saturated rings. The summed E-state index contributed by atoms with van der Waals surface area (Å²) in [6.45, 7) is 0. The molecule has 1 N–H and O–H groups in total. The molecule has 0 aromatic carbocycles. The van der Waals surface area contributed by atoms with Crippen molar-refractivity contribution in [1.29, 1.82) is 0 Å². The minimum Gasteiger partial charge on any atom is -0.366 e. The van der Waals surface area contributed by atoms with Crippen molar-refractivity contribution in [2.45, 2.75) is 9.79 Å². The van der Waals surface area contributed by atoms with E-state index < -0.39 is 0 Å². The lowest BCUT2D eigenvalue weighted by atomic mass is 10.7. The van der Waals surface area contributed by atoms with Gasteiger partial charge in [0.2, 0.25) is 0 Å². The predicted molar refractivity (Wildman–Crippen MR) is 41.6 cm³/mol. The second-order valence-electron chi connectivity index (χ2n) is 1.69. The Morgan fingerprint density at radius 1 is 1.00 bits per heavy atom. The maximum absolute atomic E-state index is 3.06. The average molecular weight is 155 g/mol. The summed E-state index contributed by atoms with van der Waals surface area (Å²) < 4.78 is 0. The molecule has 46 valence electrons. The molecule has 0 unspecified atom stereocenters. The lowest BCUT2D eigenvalue weighted by Crippen LogP contribution is -1.68. The van der Waals surface area contributed by atoms with Crippen LogP contribution in [0.2, 0.25) is 0 Å². The van der Waals surface area contributed by atoms with Crippen molar-refractivity contribution in [2.75, 3.05) is 0 Å². The smallest absolute Gasteiger partial charge is 0.0430 e. The summed E-state index contributed by atoms with van der Waals surface area (Å²) in [5, 5.41) is 4.20. The summed E-state index contributed by atoms with van der Waals surface area (Å²) in [4.78, 5) is 5.73. The van der Waals surface area contributed by atoms with Crippen LogP contribution in [0, 0.1) is 0 Å². The molecule has 0 aliphatic carbocycles. The molecule has 1 aromatic rings. The van der Waals surface area contributed by atoms with Gasteiger partial charge in [0.05, 0.1) is 0 Å². The molecule has 0 radical (unpaired) electrons. The van der Waals surface area contributed by atoms with E-state index in [-0.39, 0.29) is 0 Å². The first kappa shape index (κ1) is 5.50. The Morgan fingerprint density at radius 3 is 2.11 bits per heavy atom. The van der Waals surface area contributed by atoms with E-state index in [4.69, 9.17) is 0 Å². The Morgan fingerprint density at radius 2 is 1.56 bits per heavy atom. The van der Waals surface area contributed by atoms with Gasteiger partial charge in [0.15, 0.2) is 0 Å². The number of aromatic nitrogens is 1. The van der Waals surface area contributed by atoms with Crippen molar-refractivity contribution in [3.63, 3.8) is 0 Å². The summed E-state index contributed by atoms with van der Waals surface area (Å²) in [7, 11) is 0. The largest absolute Gasteiger partial charge is 0.366 e. The highest BCUT2D eigenvalue weighted by Gasteiger charge is 2.04. The molecule has 0 saturated heterocycles. The number of hydrogen-bond donors (Lipinski definition) is 1. The van der Waals surface area contributed by atoms with Gasteiger partial charge in [-0.3, -0.25) is 0 Å². The molecular formula is C6H5NS2. The Bertz CT molecular complexity index is 216. The van der Waals surface area contributed by atoms with Gasteiger partial charge in [0.25, 0.3) is 0 Å². The molecule has 2 rings (SSSR count). The number of rotatable bonds is 0. The van der Waals surface area contributed by atoms with Crippen LogP contribution in [0.5, 0.6) is 0 Å². The number of thioether (sulfide) groups is 2. The number of aromatic amines is 1. The van der Waals surface area contributed by atoms with E-state index in [0.717, 1.165) is 0 Å². The SMILES string of the molecule is C1=CSc2c[nH]cc2S1. The van der Waals surface area contributed by atoms with Crippen LogP contribution < -0.4 is 0 Å². The molecule has 2 heterocycles. The van der Waals surface area contributed by atoms with Crippen molar-refractivity contribution in [2.24, 2.45) is 0 Å². The van der Waals surface area contributed by atoms with Crippen molar-refractivity contribution in [1.82, 2.24) is 4.98 Å². The second-order valence-corrected chi connectivity index (χ2v) is 3.59. The molecule has 3 heteroatoms. The van der Waals surface area contributed by atoms with Crippen molar-refractivity contribution < 1.29 is 0 Å². The minimum absolute atomic E-state index is 1.34. The minimum atomic E-state index is 1.34. The maximum Gasteiger partial charge on any atom is 0.0430 e. The number of H-pyrrole nitrogens is 1. The van der Waals surface area contributed by atoms with Gasteiger partial charge >= 0.3 is 0 Å². The van der Waals surface area contributed by atoms with Crippen LogP contribution in [0.15, 0.2) is 33.0 Å². The fraction of sp³-hybridized carbons (Fsp3) is 0. The topological polar surface area (TPSA) is 15.8 Å². The number of fused-ring (bicyclic) bond motifs is 1. The van der Waals surface area contributed by atoms with E-state index >= 15 is 0 Å². The lowest BCUT2D eigenvalue weighted by molar-refractivity contribution is 1.35. The summed E-state index contributed by atoms with van der Waals surface area (Å²) in [5.41, 5.74) is 0. The van der Waals surface area contributed by atoms with Crippen molar-refractivity contribution in [3.8, 4) is 0 Å². The first-order chi connectivity index (χ1) is 4.47. The summed E-state index contributed by atoms with van der Waals surface area (Å²) in [6.07, 6.45) is 4.05. The number of nitrogens with one attached hydrogen (secondary N) is 1. The van der Waals surface area contributed by atoms with E-state index in [2.05, 4.69) is 15.8 Å². The van der Waals surface area contributed by atoms with Crippen molar-refractivity contribution >= 4 is 23.5 Å². The first-order valence-corrected chi connectivity index (χ1v) is 4.38. The second kappa shape index (κ2) is 2.15. The van der Waals surface area contributed by atoms with Crippen LogP contribution in [-0.2, 0) is 0 Å². The maximum atomic E-state index is 3.06. The molecule has 1 aliphatic heterocycles. The van der Waals surface area contributed by atoms with E-state index in [0.29, 0.717) is 0 Å². The fourth-order valence-corrected chi connectivity index (χ4v) is 2.37. The monoisotopic (exact) mass is 155 g/mol. The number of hydrogen-bond acceptors (Lipinski definition) is 2. The molecule has 0 atom stereocenters. The normalized spacial score (nSPS) is 15.6. The van der Waals surface area contributed by atoms with E-state index in [9.17, 15) is 0 Å². The Balaban J connectivity index is 2.46. The highest BCUT2D eigenvalue weighted by Crippen LogP contribution is 2.36. The van der Waals surface area contributed by atoms with Crippen LogP contribution in [0.4, 0.5) is 0 Å². The zero-order valence-electron chi connectivity index (χ0n) is 4.63. The van der Waals surface area contributed by atoms with Gasteiger partial charge in [-0.15, -0.1) is 0 Å². The van der Waals surface area contributed by atoms with Gasteiger partial charge in [0, 0.05) is 22.2 Å². The molecule has 0 spiro atoms. The van der Waals surface area contributed by atoms with E-state index in [1.54, 1.807) is 23.5 Å². The Kier molecular flexibility index (Phi) is 1.32. The van der Waals surface area contributed by atoms with E-state index in [1.165, 1.54) is 9.79 Å². The third kappa shape index (κ3) is 0.904. The highest BCUT2D eigenvalue weighted by atomic mass is 32.2. The van der Waals surface area contributed by atoms with Gasteiger partial charge < -0.3 is 4.98 Å². The molecule has 1 aliphatic rings.